The number of aliphatic hydroxyl groups excluding tert-OH is 3. The summed E-state index contributed by atoms with van der Waals surface area (Å²) in [5, 5.41) is 56.1. The second-order valence-corrected chi connectivity index (χ2v) is 20.6. The summed E-state index contributed by atoms with van der Waals surface area (Å²) in [4.78, 5) is 27.1. The van der Waals surface area contributed by atoms with Gasteiger partial charge in [-0.15, -0.1) is 0 Å². The minimum Gasteiger partial charge on any atom is -0.504 e. The molecule has 5 aliphatic carbocycles. The van der Waals surface area contributed by atoms with Gasteiger partial charge in [-0.3, -0.25) is 9.59 Å². The fraction of sp³-hybridized carbons (Fsp3) is 0.556. The molecule has 0 aromatic heterocycles. The first-order valence-corrected chi connectivity index (χ1v) is 24.1. The number of carbonyl (C=O) groups excluding carboxylic acids is 2. The molecule has 338 valence electrons. The van der Waals surface area contributed by atoms with Crippen molar-refractivity contribution in [2.45, 2.75) is 120 Å². The van der Waals surface area contributed by atoms with E-state index in [2.05, 4.69) is 58.9 Å². The van der Waals surface area contributed by atoms with E-state index in [9.17, 15) is 30.0 Å². The normalized spacial score (nSPS) is 35.5. The summed E-state index contributed by atoms with van der Waals surface area (Å²) in [6.45, 7) is 1.48. The number of phenolic OH excluding ortho intramolecular Hbond substituents is 1. The fourth-order valence-electron chi connectivity index (χ4n) is 14.1. The van der Waals surface area contributed by atoms with E-state index in [0.29, 0.717) is 105 Å². The number of methoxy groups -OCH3 is 1. The van der Waals surface area contributed by atoms with Crippen LogP contribution in [0.3, 0.4) is 0 Å². The van der Waals surface area contributed by atoms with Gasteiger partial charge in [0.15, 0.2) is 17.3 Å². The van der Waals surface area contributed by atoms with Gasteiger partial charge in [-0.25, -0.2) is 0 Å². The van der Waals surface area contributed by atoms with E-state index >= 15 is 0 Å². The van der Waals surface area contributed by atoms with Crippen LogP contribution in [0.4, 0.5) is 0 Å². The number of hydrogen-bond donors (Lipinski definition) is 7. The topological polar surface area (TPSA) is 174 Å². The molecule has 1 saturated heterocycles. The maximum Gasteiger partial charge on any atom is 0.160 e. The van der Waals surface area contributed by atoms with Gasteiger partial charge >= 0.3 is 0 Å². The Morgan fingerprint density at radius 3 is 2.59 bits per heavy atom. The van der Waals surface area contributed by atoms with Crippen LogP contribution in [0, 0.1) is 58.7 Å². The van der Waals surface area contributed by atoms with Crippen molar-refractivity contribution in [1.29, 1.82) is 0 Å². The number of rotatable bonds is 9. The Hall–Kier alpha value is -4.66. The van der Waals surface area contributed by atoms with Crippen LogP contribution >= 0.6 is 0 Å². The first-order valence-electron chi connectivity index (χ1n) is 24.1. The number of dihydropyridines is 1. The SMILES string of the molecule is COc1cc2c(cc1O)[C@@H](CC[C@H](O)C[C@H](C1=CCNC(N)=C1)c1ccc3ccccc3c1)C#C[C@@]1(CC[C@H]([C@@H]3C[C@H]4CN[C@@H]5CC(=O)C[C@H]6C[C@H](O)[C@@H](C3)[C@@H]4[C@@H]65)C[C@H]1O)C(=O)CC2. The predicted octanol–water partition coefficient (Wildman–Crippen LogP) is 6.54. The van der Waals surface area contributed by atoms with Gasteiger partial charge in [0.05, 0.1) is 31.2 Å². The van der Waals surface area contributed by atoms with Crippen molar-refractivity contribution in [2.75, 3.05) is 20.2 Å². The molecule has 3 aromatic carbocycles. The van der Waals surface area contributed by atoms with E-state index in [4.69, 9.17) is 10.5 Å². The number of ether oxygens (including phenoxy) is 1. The van der Waals surface area contributed by atoms with E-state index in [-0.39, 0.29) is 47.7 Å². The van der Waals surface area contributed by atoms with Gasteiger partial charge in [0, 0.05) is 43.7 Å². The van der Waals surface area contributed by atoms with E-state index in [1.54, 1.807) is 6.07 Å². The zero-order valence-electron chi connectivity index (χ0n) is 37.1. The third kappa shape index (κ3) is 8.05. The summed E-state index contributed by atoms with van der Waals surface area (Å²) in [6, 6.07) is 18.5. The number of fused-ring (bicyclic) bond motifs is 2. The number of allylic oxidation sites excluding steroid dienone is 2. The van der Waals surface area contributed by atoms with Crippen molar-refractivity contribution < 1.29 is 34.8 Å². The molecule has 0 bridgehead atoms. The Balaban J connectivity index is 0.890. The standard InChI is InChI=1S/C54H65N3O7/c1-64-48-23-35-9-11-49(62)54(16-13-33(24-50(54)63)37-19-39-29-57-45-27-41(59)20-38-22-46(60)44(21-37)52(39)53(38)45)15-12-31(43(35)28-47(48)61)8-10-40(58)26-42(36-14-17-56-51(55)25-36)34-7-6-30-4-2-3-5-32(30)18-34/h2-7,14,18,23,25,28,31,33,37-40,42,44-46,50,52-53,56-58,60-61,63H,8-11,13,16-17,19-22,24,26-27,29,55H2,1H3/t31-,33-,37+,38-,39-,40-,42-,44+,45+,46-,50+,52+,53-,54+/m0/s1. The van der Waals surface area contributed by atoms with E-state index in [1.165, 1.54) is 7.11 Å². The largest absolute Gasteiger partial charge is 0.504 e. The average molecular weight is 868 g/mol. The van der Waals surface area contributed by atoms with Gasteiger partial charge in [-0.1, -0.05) is 60.4 Å². The van der Waals surface area contributed by atoms with Crippen molar-refractivity contribution in [1.82, 2.24) is 10.6 Å². The van der Waals surface area contributed by atoms with Crippen LogP contribution < -0.4 is 21.1 Å². The van der Waals surface area contributed by atoms with Gasteiger partial charge in [0.2, 0.25) is 0 Å². The fourth-order valence-corrected chi connectivity index (χ4v) is 14.1. The Labute approximate surface area is 377 Å². The number of nitrogens with two attached hydrogens (primary N) is 1. The van der Waals surface area contributed by atoms with Gasteiger partial charge in [0.25, 0.3) is 0 Å². The third-order valence-corrected chi connectivity index (χ3v) is 17.2. The zero-order valence-corrected chi connectivity index (χ0v) is 37.1. The predicted molar refractivity (Wildman–Crippen MR) is 246 cm³/mol. The summed E-state index contributed by atoms with van der Waals surface area (Å²) < 4.78 is 5.53. The number of aromatic hydroxyl groups is 1. The summed E-state index contributed by atoms with van der Waals surface area (Å²) in [7, 11) is 1.52. The maximum absolute atomic E-state index is 14.5. The summed E-state index contributed by atoms with van der Waals surface area (Å²) in [5.74, 6) is 10.0. The van der Waals surface area contributed by atoms with E-state index in [1.807, 2.05) is 24.3 Å². The molecule has 0 radical (unpaired) electrons. The van der Waals surface area contributed by atoms with E-state index < -0.39 is 29.6 Å². The quantitative estimate of drug-likeness (QED) is 0.117. The molecule has 1 spiro atoms. The first kappa shape index (κ1) is 43.2. The monoisotopic (exact) mass is 867 g/mol. The molecule has 0 unspecified atom stereocenters. The van der Waals surface area contributed by atoms with Crippen LogP contribution in [-0.2, 0) is 16.0 Å². The van der Waals surface area contributed by atoms with Gasteiger partial charge < -0.3 is 41.5 Å². The van der Waals surface area contributed by atoms with E-state index in [0.717, 1.165) is 58.8 Å². The van der Waals surface area contributed by atoms with Crippen LogP contribution in [0.25, 0.3) is 10.8 Å². The number of hydrogen-bond acceptors (Lipinski definition) is 10. The van der Waals surface area contributed by atoms with Crippen molar-refractivity contribution in [3.8, 4) is 23.3 Å². The van der Waals surface area contributed by atoms with Crippen LogP contribution in [0.15, 0.2) is 78.1 Å². The molecule has 7 aliphatic rings. The molecule has 5 fully saturated rings. The summed E-state index contributed by atoms with van der Waals surface area (Å²) in [6.07, 6.45) is 9.71. The summed E-state index contributed by atoms with van der Waals surface area (Å²) >= 11 is 0. The van der Waals surface area contributed by atoms with Gasteiger partial charge in [0.1, 0.15) is 11.2 Å². The minimum absolute atomic E-state index is 0.00186. The summed E-state index contributed by atoms with van der Waals surface area (Å²) in [5.41, 5.74) is 8.92. The number of ketones is 2. The molecular formula is C54H65N3O7. The van der Waals surface area contributed by atoms with Crippen molar-refractivity contribution >= 4 is 22.3 Å². The Bertz CT molecular complexity index is 2420. The molecule has 4 saturated carbocycles. The molecular weight excluding hydrogens is 803 g/mol. The highest BCUT2D eigenvalue weighted by Gasteiger charge is 2.58. The number of benzene rings is 3. The Kier molecular flexibility index (Phi) is 11.9. The third-order valence-electron chi connectivity index (χ3n) is 17.2. The molecule has 2 heterocycles. The molecule has 10 heteroatoms. The highest BCUT2D eigenvalue weighted by molar-refractivity contribution is 5.89. The number of aliphatic hydroxyl groups is 3. The van der Waals surface area contributed by atoms with Crippen molar-refractivity contribution in [3.05, 3.63) is 94.8 Å². The lowest BCUT2D eigenvalue weighted by molar-refractivity contribution is -0.149. The molecule has 14 atom stereocenters. The lowest BCUT2D eigenvalue weighted by Crippen LogP contribution is -2.64. The number of carbonyl (C=O) groups is 2. The number of nitrogens with one attached hydrogen (secondary N) is 2. The average Bonchev–Trinajstić information content (AvgIpc) is 3.34. The first-order chi connectivity index (χ1) is 31.0. The van der Waals surface area contributed by atoms with Crippen LogP contribution in [-0.4, -0.2) is 76.5 Å². The van der Waals surface area contributed by atoms with Gasteiger partial charge in [-0.2, -0.15) is 0 Å². The number of aryl methyl sites for hydroxylation is 1. The number of Topliss-reactive ketones (excluding diaryl/α,β-unsaturated/α-hetero) is 2. The smallest absolute Gasteiger partial charge is 0.160 e. The highest BCUT2D eigenvalue weighted by Crippen LogP contribution is 2.58. The number of piperidine rings is 1. The van der Waals surface area contributed by atoms with Crippen molar-refractivity contribution in [3.63, 3.8) is 0 Å². The molecule has 2 aliphatic heterocycles. The maximum atomic E-state index is 14.5. The molecule has 10 rings (SSSR count). The lowest BCUT2D eigenvalue weighted by Gasteiger charge is -2.60. The van der Waals surface area contributed by atoms with Crippen LogP contribution in [0.5, 0.6) is 11.5 Å². The Morgan fingerprint density at radius 1 is 0.938 bits per heavy atom. The molecule has 10 nitrogen and oxygen atoms in total. The highest BCUT2D eigenvalue weighted by atomic mass is 16.5. The van der Waals surface area contributed by atoms with Crippen molar-refractivity contribution in [2.24, 2.45) is 52.6 Å². The molecule has 0 amide bonds. The van der Waals surface area contributed by atoms with Gasteiger partial charge in [-0.05, 0) is 163 Å². The van der Waals surface area contributed by atoms with Crippen LogP contribution in [0.2, 0.25) is 0 Å². The second kappa shape index (κ2) is 17.6. The zero-order chi connectivity index (χ0) is 44.3. The molecule has 3 aromatic rings. The minimum atomic E-state index is -1.21. The number of phenols is 1. The Morgan fingerprint density at radius 2 is 1.78 bits per heavy atom. The van der Waals surface area contributed by atoms with Crippen LogP contribution in [0.1, 0.15) is 106 Å². The lowest BCUT2D eigenvalue weighted by atomic mass is 9.48. The second-order valence-electron chi connectivity index (χ2n) is 20.6. The molecule has 8 N–H and O–H groups in total. The molecule has 64 heavy (non-hydrogen) atoms.